The second-order valence-electron chi connectivity index (χ2n) is 4.56. The minimum atomic E-state index is -0.206. The first kappa shape index (κ1) is 15.6. The monoisotopic (exact) mass is 369 g/mol. The maximum atomic E-state index is 12.6. The molecule has 0 radical (unpaired) electrons. The quantitative estimate of drug-likeness (QED) is 0.531. The van der Waals surface area contributed by atoms with Gasteiger partial charge in [0.05, 0.1) is 20.6 Å². The molecule has 1 aliphatic heterocycles. The second kappa shape index (κ2) is 6.08. The molecule has 0 aliphatic carbocycles. The smallest absolute Gasteiger partial charge is 0.270 e. The number of nitrogens with zero attached hydrogens (tertiary/aromatic N) is 1. The molecular weight excluding hydrogens is 361 g/mol. The summed E-state index contributed by atoms with van der Waals surface area (Å²) < 4.78 is 5.91. The number of anilines is 1. The van der Waals surface area contributed by atoms with Gasteiger partial charge in [0.1, 0.15) is 11.5 Å². The summed E-state index contributed by atoms with van der Waals surface area (Å²) in [6, 6.07) is 8.61. The Morgan fingerprint density at radius 2 is 2.00 bits per heavy atom. The summed E-state index contributed by atoms with van der Waals surface area (Å²) in [7, 11) is 0. The van der Waals surface area contributed by atoms with E-state index in [-0.39, 0.29) is 5.91 Å². The number of furan rings is 1. The number of benzene rings is 1. The van der Waals surface area contributed by atoms with Crippen molar-refractivity contribution in [3.05, 3.63) is 56.8 Å². The Morgan fingerprint density at radius 1 is 1.23 bits per heavy atom. The van der Waals surface area contributed by atoms with Crippen LogP contribution in [0.15, 0.2) is 39.7 Å². The predicted molar refractivity (Wildman–Crippen MR) is 95.6 cm³/mol. The number of carbonyl (C=O) groups is 1. The van der Waals surface area contributed by atoms with Crippen LogP contribution in [0.25, 0.3) is 6.08 Å². The van der Waals surface area contributed by atoms with Crippen molar-refractivity contribution in [2.24, 2.45) is 0 Å². The van der Waals surface area contributed by atoms with Crippen LogP contribution in [0.5, 0.6) is 0 Å². The number of thiocarbonyl (C=S) groups is 1. The Labute approximate surface area is 146 Å². The molecule has 1 aliphatic rings. The van der Waals surface area contributed by atoms with Crippen molar-refractivity contribution in [1.82, 2.24) is 0 Å². The van der Waals surface area contributed by atoms with E-state index in [0.29, 0.717) is 30.7 Å². The molecule has 0 saturated carbocycles. The highest BCUT2D eigenvalue weighted by Gasteiger charge is 2.33. The lowest BCUT2D eigenvalue weighted by molar-refractivity contribution is -0.113. The molecule has 1 amide bonds. The molecule has 0 spiro atoms. The summed E-state index contributed by atoms with van der Waals surface area (Å²) in [5.74, 6) is 1.20. The zero-order valence-corrected chi connectivity index (χ0v) is 14.4. The topological polar surface area (TPSA) is 33.5 Å². The van der Waals surface area contributed by atoms with Gasteiger partial charge < -0.3 is 4.42 Å². The van der Waals surface area contributed by atoms with Crippen molar-refractivity contribution >= 4 is 69.2 Å². The molecule has 0 N–H and O–H groups in total. The Hall–Kier alpha value is -1.27. The lowest BCUT2D eigenvalue weighted by atomic mass is 10.3. The third-order valence-electron chi connectivity index (χ3n) is 2.99. The van der Waals surface area contributed by atoms with E-state index in [1.807, 2.05) is 13.0 Å². The Bertz CT molecular complexity index is 814. The Kier molecular flexibility index (Phi) is 4.32. The van der Waals surface area contributed by atoms with E-state index in [2.05, 4.69) is 0 Å². The molecule has 3 nitrogen and oxygen atoms in total. The van der Waals surface area contributed by atoms with E-state index in [0.717, 1.165) is 5.76 Å². The van der Waals surface area contributed by atoms with Crippen LogP contribution in [0, 0.1) is 6.92 Å². The van der Waals surface area contributed by atoms with E-state index in [1.54, 1.807) is 30.3 Å². The highest BCUT2D eigenvalue weighted by Crippen LogP contribution is 2.38. The summed E-state index contributed by atoms with van der Waals surface area (Å²) in [5, 5.41) is 0.802. The summed E-state index contributed by atoms with van der Waals surface area (Å²) in [4.78, 5) is 14.5. The van der Waals surface area contributed by atoms with Gasteiger partial charge in [-0.1, -0.05) is 47.2 Å². The molecule has 1 fully saturated rings. The third kappa shape index (κ3) is 2.94. The molecule has 3 rings (SSSR count). The van der Waals surface area contributed by atoms with Gasteiger partial charge in [-0.3, -0.25) is 9.69 Å². The standard InChI is InChI=1S/C15H9Cl2NO2S2/c1-8-2-4-10(20-8)7-13-14(19)18(15(21)22-13)9-3-5-11(16)12(17)6-9/h2-7H,1H3/b13-7-. The lowest BCUT2D eigenvalue weighted by Crippen LogP contribution is -2.27. The molecular formula is C15H9Cl2NO2S2. The summed E-state index contributed by atoms with van der Waals surface area (Å²) in [5.41, 5.74) is 0.593. The van der Waals surface area contributed by atoms with Crippen LogP contribution in [0.4, 0.5) is 5.69 Å². The van der Waals surface area contributed by atoms with Gasteiger partial charge in [0.2, 0.25) is 0 Å². The van der Waals surface area contributed by atoms with Gasteiger partial charge in [-0.05, 0) is 37.3 Å². The number of amides is 1. The first-order valence-electron chi connectivity index (χ1n) is 6.25. The number of carbonyl (C=O) groups excluding carboxylic acids is 1. The molecule has 1 saturated heterocycles. The van der Waals surface area contributed by atoms with Crippen molar-refractivity contribution in [2.75, 3.05) is 4.90 Å². The van der Waals surface area contributed by atoms with Crippen LogP contribution < -0.4 is 4.90 Å². The minimum absolute atomic E-state index is 0.206. The van der Waals surface area contributed by atoms with Gasteiger partial charge in [-0.2, -0.15) is 0 Å². The molecule has 1 aromatic heterocycles. The normalized spacial score (nSPS) is 16.9. The van der Waals surface area contributed by atoms with Crippen molar-refractivity contribution in [3.8, 4) is 0 Å². The SMILES string of the molecule is Cc1ccc(/C=C2\SC(=S)N(c3ccc(Cl)c(Cl)c3)C2=O)o1. The summed E-state index contributed by atoms with van der Waals surface area (Å²) in [6.45, 7) is 1.85. The van der Waals surface area contributed by atoms with Gasteiger partial charge >= 0.3 is 0 Å². The zero-order valence-electron chi connectivity index (χ0n) is 11.3. The van der Waals surface area contributed by atoms with E-state index in [4.69, 9.17) is 39.8 Å². The maximum Gasteiger partial charge on any atom is 0.270 e. The summed E-state index contributed by atoms with van der Waals surface area (Å²) in [6.07, 6.45) is 1.68. The number of thioether (sulfide) groups is 1. The highest BCUT2D eigenvalue weighted by atomic mass is 35.5. The molecule has 2 aromatic rings. The first-order valence-corrected chi connectivity index (χ1v) is 8.23. The average Bonchev–Trinajstić information content (AvgIpc) is 2.98. The summed E-state index contributed by atoms with van der Waals surface area (Å²) >= 11 is 18.4. The van der Waals surface area contributed by atoms with Gasteiger partial charge in [0.15, 0.2) is 4.32 Å². The van der Waals surface area contributed by atoms with Gasteiger partial charge in [0.25, 0.3) is 5.91 Å². The van der Waals surface area contributed by atoms with E-state index < -0.39 is 0 Å². The van der Waals surface area contributed by atoms with Gasteiger partial charge in [-0.25, -0.2) is 0 Å². The molecule has 7 heteroatoms. The molecule has 1 aromatic carbocycles. The number of rotatable bonds is 2. The highest BCUT2D eigenvalue weighted by molar-refractivity contribution is 8.27. The van der Waals surface area contributed by atoms with Gasteiger partial charge in [0, 0.05) is 6.08 Å². The predicted octanol–water partition coefficient (Wildman–Crippen LogP) is 5.30. The first-order chi connectivity index (χ1) is 10.5. The number of hydrogen-bond acceptors (Lipinski definition) is 4. The van der Waals surface area contributed by atoms with Crippen LogP contribution in [0.3, 0.4) is 0 Å². The molecule has 0 unspecified atom stereocenters. The molecule has 0 bridgehead atoms. The third-order valence-corrected chi connectivity index (χ3v) is 5.03. The van der Waals surface area contributed by atoms with Crippen LogP contribution in [-0.2, 0) is 4.79 Å². The zero-order chi connectivity index (χ0) is 15.9. The average molecular weight is 370 g/mol. The number of halogens is 2. The van der Waals surface area contributed by atoms with E-state index in [9.17, 15) is 4.79 Å². The van der Waals surface area contributed by atoms with Crippen molar-refractivity contribution in [2.45, 2.75) is 6.92 Å². The van der Waals surface area contributed by atoms with Gasteiger partial charge in [-0.15, -0.1) is 0 Å². The lowest BCUT2D eigenvalue weighted by Gasteiger charge is -2.15. The molecule has 2 heterocycles. The van der Waals surface area contributed by atoms with Crippen LogP contribution in [0.2, 0.25) is 10.0 Å². The van der Waals surface area contributed by atoms with Crippen LogP contribution in [-0.4, -0.2) is 10.2 Å². The fraction of sp³-hybridized carbons (Fsp3) is 0.0667. The Balaban J connectivity index is 1.94. The number of aryl methyl sites for hydroxylation is 1. The fourth-order valence-electron chi connectivity index (χ4n) is 1.97. The van der Waals surface area contributed by atoms with Crippen molar-refractivity contribution < 1.29 is 9.21 Å². The maximum absolute atomic E-state index is 12.6. The largest absolute Gasteiger partial charge is 0.462 e. The molecule has 112 valence electrons. The number of hydrogen-bond donors (Lipinski definition) is 0. The second-order valence-corrected chi connectivity index (χ2v) is 7.05. The van der Waals surface area contributed by atoms with Crippen molar-refractivity contribution in [3.63, 3.8) is 0 Å². The van der Waals surface area contributed by atoms with E-state index >= 15 is 0 Å². The fourth-order valence-corrected chi connectivity index (χ4v) is 3.55. The van der Waals surface area contributed by atoms with Crippen molar-refractivity contribution in [1.29, 1.82) is 0 Å². The minimum Gasteiger partial charge on any atom is -0.462 e. The molecule has 0 atom stereocenters. The van der Waals surface area contributed by atoms with Crippen LogP contribution >= 0.6 is 47.2 Å². The van der Waals surface area contributed by atoms with E-state index in [1.165, 1.54) is 16.7 Å². The Morgan fingerprint density at radius 3 is 2.64 bits per heavy atom. The van der Waals surface area contributed by atoms with Crippen LogP contribution in [0.1, 0.15) is 11.5 Å². The molecule has 22 heavy (non-hydrogen) atoms.